The Labute approximate surface area is 106 Å². The van der Waals surface area contributed by atoms with Crippen LogP contribution in [0.2, 0.25) is 0 Å². The van der Waals surface area contributed by atoms with Crippen molar-refractivity contribution >= 4 is 5.69 Å². The largest absolute Gasteiger partial charge is 0.497 e. The van der Waals surface area contributed by atoms with Crippen LogP contribution in [0.5, 0.6) is 5.75 Å². The van der Waals surface area contributed by atoms with E-state index in [9.17, 15) is 4.39 Å². The van der Waals surface area contributed by atoms with Gasteiger partial charge in [-0.05, 0) is 36.2 Å². The SMILES string of the molecule is COc1cccc(CNc2c(C)cccc2F)c1. The van der Waals surface area contributed by atoms with E-state index >= 15 is 0 Å². The summed E-state index contributed by atoms with van der Waals surface area (Å²) in [7, 11) is 1.63. The van der Waals surface area contributed by atoms with Gasteiger partial charge in [0.2, 0.25) is 0 Å². The third-order valence-corrected chi connectivity index (χ3v) is 2.83. The second kappa shape index (κ2) is 5.54. The summed E-state index contributed by atoms with van der Waals surface area (Å²) >= 11 is 0. The number of ether oxygens (including phenoxy) is 1. The molecule has 94 valence electrons. The molecule has 0 bridgehead atoms. The third kappa shape index (κ3) is 2.80. The van der Waals surface area contributed by atoms with E-state index in [1.807, 2.05) is 37.3 Å². The number of anilines is 1. The fourth-order valence-corrected chi connectivity index (χ4v) is 1.83. The first-order valence-corrected chi connectivity index (χ1v) is 5.82. The molecule has 2 aromatic carbocycles. The molecular weight excluding hydrogens is 229 g/mol. The summed E-state index contributed by atoms with van der Waals surface area (Å²) in [6.07, 6.45) is 0. The number of nitrogens with one attached hydrogen (secondary N) is 1. The van der Waals surface area contributed by atoms with Gasteiger partial charge >= 0.3 is 0 Å². The lowest BCUT2D eigenvalue weighted by Gasteiger charge is -2.11. The van der Waals surface area contributed by atoms with Crippen molar-refractivity contribution in [2.45, 2.75) is 13.5 Å². The molecule has 0 heterocycles. The second-order valence-corrected chi connectivity index (χ2v) is 4.14. The predicted octanol–water partition coefficient (Wildman–Crippen LogP) is 3.75. The molecule has 3 heteroatoms. The first-order valence-electron chi connectivity index (χ1n) is 5.82. The average Bonchev–Trinajstić information content (AvgIpc) is 2.38. The van der Waals surface area contributed by atoms with E-state index in [2.05, 4.69) is 5.32 Å². The van der Waals surface area contributed by atoms with Crippen LogP contribution in [0.15, 0.2) is 42.5 Å². The molecule has 0 aliphatic carbocycles. The standard InChI is InChI=1S/C15H16FNO/c1-11-5-3-8-14(16)15(11)17-10-12-6-4-7-13(9-12)18-2/h3-9,17H,10H2,1-2H3. The van der Waals surface area contributed by atoms with Crippen molar-refractivity contribution < 1.29 is 9.13 Å². The zero-order chi connectivity index (χ0) is 13.0. The molecule has 0 saturated carbocycles. The summed E-state index contributed by atoms with van der Waals surface area (Å²) in [4.78, 5) is 0. The number of hydrogen-bond acceptors (Lipinski definition) is 2. The third-order valence-electron chi connectivity index (χ3n) is 2.83. The lowest BCUT2D eigenvalue weighted by molar-refractivity contribution is 0.414. The molecule has 0 saturated heterocycles. The number of para-hydroxylation sites is 1. The van der Waals surface area contributed by atoms with Crippen LogP contribution in [0, 0.1) is 12.7 Å². The van der Waals surface area contributed by atoms with Gasteiger partial charge in [0.15, 0.2) is 0 Å². The summed E-state index contributed by atoms with van der Waals surface area (Å²) in [5.41, 5.74) is 2.51. The van der Waals surface area contributed by atoms with E-state index in [-0.39, 0.29) is 5.82 Å². The van der Waals surface area contributed by atoms with Crippen molar-refractivity contribution in [2.75, 3.05) is 12.4 Å². The summed E-state index contributed by atoms with van der Waals surface area (Å²) in [6, 6.07) is 12.8. The van der Waals surface area contributed by atoms with E-state index in [0.29, 0.717) is 12.2 Å². The van der Waals surface area contributed by atoms with Gasteiger partial charge in [-0.3, -0.25) is 0 Å². The van der Waals surface area contributed by atoms with Crippen molar-refractivity contribution in [3.63, 3.8) is 0 Å². The molecule has 2 nitrogen and oxygen atoms in total. The maximum Gasteiger partial charge on any atom is 0.146 e. The molecular formula is C15H16FNO. The number of rotatable bonds is 4. The smallest absolute Gasteiger partial charge is 0.146 e. The molecule has 0 spiro atoms. The monoisotopic (exact) mass is 245 g/mol. The zero-order valence-corrected chi connectivity index (χ0v) is 10.5. The molecule has 2 rings (SSSR count). The van der Waals surface area contributed by atoms with Crippen LogP contribution in [-0.4, -0.2) is 7.11 Å². The number of aryl methyl sites for hydroxylation is 1. The van der Waals surface area contributed by atoms with Gasteiger partial charge < -0.3 is 10.1 Å². The van der Waals surface area contributed by atoms with Crippen LogP contribution >= 0.6 is 0 Å². The van der Waals surface area contributed by atoms with Crippen molar-refractivity contribution in [3.05, 3.63) is 59.4 Å². The van der Waals surface area contributed by atoms with E-state index in [1.165, 1.54) is 6.07 Å². The van der Waals surface area contributed by atoms with Gasteiger partial charge in [-0.25, -0.2) is 4.39 Å². The number of methoxy groups -OCH3 is 1. The summed E-state index contributed by atoms with van der Waals surface area (Å²) in [5.74, 6) is 0.581. The van der Waals surface area contributed by atoms with Crippen LogP contribution in [0.1, 0.15) is 11.1 Å². The summed E-state index contributed by atoms with van der Waals surface area (Å²) < 4.78 is 18.8. The van der Waals surface area contributed by atoms with E-state index < -0.39 is 0 Å². The predicted molar refractivity (Wildman–Crippen MR) is 71.5 cm³/mol. The average molecular weight is 245 g/mol. The molecule has 18 heavy (non-hydrogen) atoms. The minimum Gasteiger partial charge on any atom is -0.497 e. The molecule has 1 N–H and O–H groups in total. The minimum atomic E-state index is -0.224. The molecule has 0 aromatic heterocycles. The summed E-state index contributed by atoms with van der Waals surface area (Å²) in [6.45, 7) is 2.45. The zero-order valence-electron chi connectivity index (χ0n) is 10.5. The molecule has 2 aromatic rings. The van der Waals surface area contributed by atoms with E-state index in [1.54, 1.807) is 13.2 Å². The minimum absolute atomic E-state index is 0.224. The Hall–Kier alpha value is -2.03. The number of hydrogen-bond donors (Lipinski definition) is 1. The number of halogens is 1. The van der Waals surface area contributed by atoms with Gasteiger partial charge in [0.1, 0.15) is 11.6 Å². The molecule has 0 fully saturated rings. The fourth-order valence-electron chi connectivity index (χ4n) is 1.83. The van der Waals surface area contributed by atoms with Crippen LogP contribution in [-0.2, 0) is 6.54 Å². The van der Waals surface area contributed by atoms with E-state index in [4.69, 9.17) is 4.74 Å². The van der Waals surface area contributed by atoms with Crippen molar-refractivity contribution in [3.8, 4) is 5.75 Å². The summed E-state index contributed by atoms with van der Waals surface area (Å²) in [5, 5.41) is 3.12. The Morgan fingerprint density at radius 3 is 2.67 bits per heavy atom. The highest BCUT2D eigenvalue weighted by molar-refractivity contribution is 5.52. The van der Waals surface area contributed by atoms with Crippen molar-refractivity contribution in [2.24, 2.45) is 0 Å². The Balaban J connectivity index is 2.11. The molecule has 0 amide bonds. The van der Waals surface area contributed by atoms with Crippen molar-refractivity contribution in [1.82, 2.24) is 0 Å². The Kier molecular flexibility index (Phi) is 3.82. The van der Waals surface area contributed by atoms with Gasteiger partial charge in [-0.1, -0.05) is 24.3 Å². The Bertz CT molecular complexity index is 520. The van der Waals surface area contributed by atoms with Gasteiger partial charge in [0.05, 0.1) is 12.8 Å². The Morgan fingerprint density at radius 2 is 1.94 bits per heavy atom. The van der Waals surface area contributed by atoms with Crippen molar-refractivity contribution in [1.29, 1.82) is 0 Å². The van der Waals surface area contributed by atoms with Gasteiger partial charge in [-0.2, -0.15) is 0 Å². The van der Waals surface area contributed by atoms with Gasteiger partial charge in [0.25, 0.3) is 0 Å². The normalized spacial score (nSPS) is 10.2. The first kappa shape index (κ1) is 12.4. The number of benzene rings is 2. The highest BCUT2D eigenvalue weighted by atomic mass is 19.1. The highest BCUT2D eigenvalue weighted by Gasteiger charge is 2.04. The fraction of sp³-hybridized carbons (Fsp3) is 0.200. The van der Waals surface area contributed by atoms with Crippen LogP contribution in [0.3, 0.4) is 0 Å². The highest BCUT2D eigenvalue weighted by Crippen LogP contribution is 2.20. The first-order chi connectivity index (χ1) is 8.70. The van der Waals surface area contributed by atoms with Crippen LogP contribution in [0.25, 0.3) is 0 Å². The molecule has 0 atom stereocenters. The topological polar surface area (TPSA) is 21.3 Å². The Morgan fingerprint density at radius 1 is 1.17 bits per heavy atom. The van der Waals surface area contributed by atoms with Gasteiger partial charge in [0, 0.05) is 6.54 Å². The van der Waals surface area contributed by atoms with Crippen LogP contribution in [0.4, 0.5) is 10.1 Å². The molecule has 0 aliphatic rings. The maximum atomic E-state index is 13.6. The van der Waals surface area contributed by atoms with Gasteiger partial charge in [-0.15, -0.1) is 0 Å². The lowest BCUT2D eigenvalue weighted by Crippen LogP contribution is -2.03. The second-order valence-electron chi connectivity index (χ2n) is 4.14. The molecule has 0 aliphatic heterocycles. The molecule has 0 radical (unpaired) electrons. The molecule has 0 unspecified atom stereocenters. The van der Waals surface area contributed by atoms with Crippen LogP contribution < -0.4 is 10.1 Å². The quantitative estimate of drug-likeness (QED) is 0.885. The lowest BCUT2D eigenvalue weighted by atomic mass is 10.1. The maximum absolute atomic E-state index is 13.6. The van der Waals surface area contributed by atoms with E-state index in [0.717, 1.165) is 16.9 Å².